The maximum absolute atomic E-state index is 13.7. The number of aliphatic imine (C=N–C) groups is 1. The molecule has 0 unspecified atom stereocenters. The van der Waals surface area contributed by atoms with Gasteiger partial charge in [0.2, 0.25) is 0 Å². The van der Waals surface area contributed by atoms with Crippen LogP contribution in [0.1, 0.15) is 18.2 Å². The van der Waals surface area contributed by atoms with Crippen LogP contribution in [0.5, 0.6) is 0 Å². The van der Waals surface area contributed by atoms with Crippen molar-refractivity contribution in [2.75, 3.05) is 13.1 Å². The minimum Gasteiger partial charge on any atom is -0.357 e. The van der Waals surface area contributed by atoms with Gasteiger partial charge in [0.05, 0.1) is 17.9 Å². The minimum atomic E-state index is -0.173. The summed E-state index contributed by atoms with van der Waals surface area (Å²) in [5, 5.41) is 11.0. The molecule has 0 saturated heterocycles. The van der Waals surface area contributed by atoms with Crippen molar-refractivity contribution in [2.45, 2.75) is 19.9 Å². The molecule has 6 heteroatoms. The average Bonchev–Trinajstić information content (AvgIpc) is 3.17. The van der Waals surface area contributed by atoms with Crippen molar-refractivity contribution in [3.05, 3.63) is 83.9 Å². The molecule has 0 aliphatic carbocycles. The lowest BCUT2D eigenvalue weighted by Gasteiger charge is -2.11. The number of benzene rings is 2. The van der Waals surface area contributed by atoms with Gasteiger partial charge < -0.3 is 10.6 Å². The quantitative estimate of drug-likeness (QED) is 0.499. The number of nitrogens with zero attached hydrogens (tertiary/aromatic N) is 3. The summed E-state index contributed by atoms with van der Waals surface area (Å²) in [7, 11) is 0. The van der Waals surface area contributed by atoms with Crippen LogP contribution < -0.4 is 10.6 Å². The van der Waals surface area contributed by atoms with Gasteiger partial charge in [-0.1, -0.05) is 36.4 Å². The second-order valence-electron chi connectivity index (χ2n) is 6.05. The van der Waals surface area contributed by atoms with E-state index in [4.69, 9.17) is 0 Å². The predicted octanol–water partition coefficient (Wildman–Crippen LogP) is 3.31. The highest BCUT2D eigenvalue weighted by atomic mass is 19.1. The van der Waals surface area contributed by atoms with Gasteiger partial charge in [0.1, 0.15) is 5.82 Å². The average molecular weight is 365 g/mol. The van der Waals surface area contributed by atoms with Crippen molar-refractivity contribution in [2.24, 2.45) is 4.99 Å². The van der Waals surface area contributed by atoms with Gasteiger partial charge >= 0.3 is 0 Å². The van der Waals surface area contributed by atoms with E-state index in [-0.39, 0.29) is 5.82 Å². The van der Waals surface area contributed by atoms with Crippen molar-refractivity contribution in [1.82, 2.24) is 20.4 Å². The fraction of sp³-hybridized carbons (Fsp3) is 0.238. The minimum absolute atomic E-state index is 0.173. The van der Waals surface area contributed by atoms with Gasteiger partial charge in [0.15, 0.2) is 5.96 Å². The topological polar surface area (TPSA) is 54.2 Å². The van der Waals surface area contributed by atoms with Gasteiger partial charge in [-0.3, -0.25) is 0 Å². The van der Waals surface area contributed by atoms with Crippen LogP contribution in [0.15, 0.2) is 71.9 Å². The third-order valence-electron chi connectivity index (χ3n) is 4.05. The highest BCUT2D eigenvalue weighted by Gasteiger charge is 2.04. The highest BCUT2D eigenvalue weighted by Crippen LogP contribution is 2.08. The van der Waals surface area contributed by atoms with E-state index in [0.29, 0.717) is 31.0 Å². The lowest BCUT2D eigenvalue weighted by Crippen LogP contribution is -2.38. The molecule has 5 nitrogen and oxygen atoms in total. The van der Waals surface area contributed by atoms with Crippen LogP contribution in [0.4, 0.5) is 4.39 Å². The Kier molecular flexibility index (Phi) is 6.57. The summed E-state index contributed by atoms with van der Waals surface area (Å²) >= 11 is 0. The summed E-state index contributed by atoms with van der Waals surface area (Å²) in [6, 6.07) is 18.8. The van der Waals surface area contributed by atoms with Gasteiger partial charge in [-0.2, -0.15) is 5.10 Å². The Hall–Kier alpha value is -3.15. The number of para-hydroxylation sites is 1. The molecule has 0 saturated carbocycles. The number of nitrogens with one attached hydrogen (secondary N) is 2. The molecule has 0 amide bonds. The Balaban J connectivity index is 1.57. The van der Waals surface area contributed by atoms with E-state index >= 15 is 0 Å². The molecule has 0 spiro atoms. The smallest absolute Gasteiger partial charge is 0.191 e. The van der Waals surface area contributed by atoms with Crippen LogP contribution in [-0.4, -0.2) is 28.8 Å². The molecule has 0 atom stereocenters. The Labute approximate surface area is 159 Å². The van der Waals surface area contributed by atoms with E-state index < -0.39 is 0 Å². The first-order chi connectivity index (χ1) is 13.3. The van der Waals surface area contributed by atoms with Gasteiger partial charge in [-0.05, 0) is 43.2 Å². The van der Waals surface area contributed by atoms with Crippen LogP contribution >= 0.6 is 0 Å². The number of halogens is 1. The summed E-state index contributed by atoms with van der Waals surface area (Å²) < 4.78 is 15.5. The normalized spacial score (nSPS) is 11.4. The van der Waals surface area contributed by atoms with E-state index in [1.165, 1.54) is 6.07 Å². The van der Waals surface area contributed by atoms with Crippen molar-refractivity contribution < 1.29 is 4.39 Å². The second-order valence-corrected chi connectivity index (χ2v) is 6.05. The van der Waals surface area contributed by atoms with Crippen LogP contribution in [0.2, 0.25) is 0 Å². The Morgan fingerprint density at radius 1 is 1.04 bits per heavy atom. The molecular weight excluding hydrogens is 341 g/mol. The van der Waals surface area contributed by atoms with Gasteiger partial charge in [0, 0.05) is 19.3 Å². The third kappa shape index (κ3) is 5.41. The summed E-state index contributed by atoms with van der Waals surface area (Å²) in [6.45, 7) is 3.84. The zero-order chi connectivity index (χ0) is 18.9. The first-order valence-electron chi connectivity index (χ1n) is 9.12. The maximum atomic E-state index is 13.7. The first kappa shape index (κ1) is 18.6. The van der Waals surface area contributed by atoms with Crippen LogP contribution in [0.3, 0.4) is 0 Å². The third-order valence-corrected chi connectivity index (χ3v) is 4.05. The molecule has 0 radical (unpaired) electrons. The molecule has 1 heterocycles. The molecule has 2 aromatic carbocycles. The zero-order valence-corrected chi connectivity index (χ0v) is 15.4. The van der Waals surface area contributed by atoms with Crippen molar-refractivity contribution in [1.29, 1.82) is 0 Å². The predicted molar refractivity (Wildman–Crippen MR) is 106 cm³/mol. The largest absolute Gasteiger partial charge is 0.357 e. The molecule has 3 aromatic rings. The summed E-state index contributed by atoms with van der Waals surface area (Å²) in [5.41, 5.74) is 2.59. The van der Waals surface area contributed by atoms with E-state index in [0.717, 1.165) is 17.9 Å². The monoisotopic (exact) mass is 365 g/mol. The zero-order valence-electron chi connectivity index (χ0n) is 15.4. The van der Waals surface area contributed by atoms with E-state index in [1.54, 1.807) is 12.1 Å². The molecule has 0 aliphatic heterocycles. The Bertz CT molecular complexity index is 873. The van der Waals surface area contributed by atoms with E-state index in [1.807, 2.05) is 60.3 Å². The number of hydrogen-bond donors (Lipinski definition) is 2. The Morgan fingerprint density at radius 3 is 2.59 bits per heavy atom. The maximum Gasteiger partial charge on any atom is 0.191 e. The summed E-state index contributed by atoms with van der Waals surface area (Å²) in [4.78, 5) is 4.57. The van der Waals surface area contributed by atoms with Crippen LogP contribution in [0.25, 0.3) is 5.69 Å². The van der Waals surface area contributed by atoms with Crippen molar-refractivity contribution in [3.63, 3.8) is 0 Å². The number of guanidine groups is 1. The number of rotatable bonds is 7. The van der Waals surface area contributed by atoms with Crippen molar-refractivity contribution in [3.8, 4) is 5.69 Å². The molecule has 1 aromatic heterocycles. The van der Waals surface area contributed by atoms with Gasteiger partial charge in [-0.25, -0.2) is 14.1 Å². The molecule has 0 fully saturated rings. The van der Waals surface area contributed by atoms with Crippen molar-refractivity contribution >= 4 is 5.96 Å². The van der Waals surface area contributed by atoms with Gasteiger partial charge in [0.25, 0.3) is 0 Å². The second kappa shape index (κ2) is 9.52. The number of hydrogen-bond acceptors (Lipinski definition) is 2. The molecular formula is C21H24FN5. The lowest BCUT2D eigenvalue weighted by molar-refractivity contribution is 0.606. The molecule has 0 aliphatic rings. The molecule has 2 N–H and O–H groups in total. The molecule has 140 valence electrons. The fourth-order valence-corrected chi connectivity index (χ4v) is 2.69. The molecule has 3 rings (SSSR count). The SMILES string of the molecule is CCNC(=NCc1ccn(-c2ccccc2)n1)NCCc1ccccc1F. The standard InChI is InChI=1S/C21H24FN5/c1-2-23-21(24-14-12-17-8-6-7-11-20(17)22)25-16-18-13-15-27(26-18)19-9-4-3-5-10-19/h3-11,13,15H,2,12,14,16H2,1H3,(H2,23,24,25). The Morgan fingerprint density at radius 2 is 1.81 bits per heavy atom. The molecule has 0 bridgehead atoms. The highest BCUT2D eigenvalue weighted by molar-refractivity contribution is 5.79. The van der Waals surface area contributed by atoms with Gasteiger partial charge in [-0.15, -0.1) is 0 Å². The van der Waals surface area contributed by atoms with E-state index in [2.05, 4.69) is 20.7 Å². The summed E-state index contributed by atoms with van der Waals surface area (Å²) in [6.07, 6.45) is 2.53. The van der Waals surface area contributed by atoms with Crippen LogP contribution in [0, 0.1) is 5.82 Å². The number of aromatic nitrogens is 2. The van der Waals surface area contributed by atoms with Crippen LogP contribution in [-0.2, 0) is 13.0 Å². The van der Waals surface area contributed by atoms with E-state index in [9.17, 15) is 4.39 Å². The lowest BCUT2D eigenvalue weighted by atomic mass is 10.1. The summed E-state index contributed by atoms with van der Waals surface area (Å²) in [5.74, 6) is 0.524. The first-order valence-corrected chi connectivity index (χ1v) is 9.12. The fourth-order valence-electron chi connectivity index (χ4n) is 2.69. The molecule has 27 heavy (non-hydrogen) atoms.